The summed E-state index contributed by atoms with van der Waals surface area (Å²) in [5, 5.41) is 3.33. The van der Waals surface area contributed by atoms with Gasteiger partial charge in [0.1, 0.15) is 11.6 Å². The molecule has 100 valence electrons. The zero-order valence-electron chi connectivity index (χ0n) is 10.8. The number of hydrogen-bond acceptors (Lipinski definition) is 2. The molecule has 2 aromatic rings. The average molecular weight is 324 g/mol. The van der Waals surface area contributed by atoms with Crippen molar-refractivity contribution >= 4 is 21.6 Å². The van der Waals surface area contributed by atoms with Gasteiger partial charge >= 0.3 is 0 Å². The summed E-state index contributed by atoms with van der Waals surface area (Å²) in [6.07, 6.45) is 0. The van der Waals surface area contributed by atoms with E-state index in [9.17, 15) is 4.39 Å². The van der Waals surface area contributed by atoms with Crippen molar-refractivity contribution in [2.45, 2.75) is 13.0 Å². The minimum Gasteiger partial charge on any atom is -0.497 e. The number of anilines is 1. The Labute approximate surface area is 120 Å². The number of ether oxygens (including phenoxy) is 1. The molecule has 0 saturated carbocycles. The maximum atomic E-state index is 13.2. The van der Waals surface area contributed by atoms with Crippen LogP contribution < -0.4 is 10.1 Å². The van der Waals surface area contributed by atoms with Gasteiger partial charge in [-0.1, -0.05) is 12.1 Å². The minimum absolute atomic E-state index is 0.104. The van der Waals surface area contributed by atoms with Crippen molar-refractivity contribution in [3.05, 3.63) is 58.3 Å². The van der Waals surface area contributed by atoms with Crippen molar-refractivity contribution in [2.75, 3.05) is 12.4 Å². The third-order valence-corrected chi connectivity index (χ3v) is 3.50. The molecule has 0 aliphatic heterocycles. The van der Waals surface area contributed by atoms with Gasteiger partial charge < -0.3 is 10.1 Å². The summed E-state index contributed by atoms with van der Waals surface area (Å²) in [6.45, 7) is 2.05. The second-order valence-corrected chi connectivity index (χ2v) is 5.13. The van der Waals surface area contributed by atoms with E-state index in [0.29, 0.717) is 4.47 Å². The molecule has 0 bridgehead atoms. The Bertz CT molecular complexity index is 574. The summed E-state index contributed by atoms with van der Waals surface area (Å²) in [4.78, 5) is 0. The normalized spacial score (nSPS) is 12.0. The second-order valence-electron chi connectivity index (χ2n) is 4.27. The van der Waals surface area contributed by atoms with E-state index in [2.05, 4.69) is 21.2 Å². The predicted octanol–water partition coefficient (Wildman–Crippen LogP) is 4.77. The van der Waals surface area contributed by atoms with Gasteiger partial charge in [0.2, 0.25) is 0 Å². The number of rotatable bonds is 4. The number of benzene rings is 2. The molecular formula is C15H15BrFNO. The van der Waals surface area contributed by atoms with Crippen LogP contribution >= 0.6 is 15.9 Å². The van der Waals surface area contributed by atoms with E-state index in [1.165, 1.54) is 6.07 Å². The van der Waals surface area contributed by atoms with E-state index in [4.69, 9.17) is 4.74 Å². The SMILES string of the molecule is COc1cccc(C(C)Nc2ccc(F)c(Br)c2)c1. The molecule has 1 N–H and O–H groups in total. The molecule has 4 heteroatoms. The van der Waals surface area contributed by atoms with Crippen molar-refractivity contribution in [1.29, 1.82) is 0 Å². The molecule has 0 heterocycles. The Balaban J connectivity index is 2.15. The molecule has 0 spiro atoms. The van der Waals surface area contributed by atoms with E-state index >= 15 is 0 Å². The van der Waals surface area contributed by atoms with Crippen LogP contribution in [0.1, 0.15) is 18.5 Å². The van der Waals surface area contributed by atoms with E-state index in [-0.39, 0.29) is 11.9 Å². The van der Waals surface area contributed by atoms with E-state index < -0.39 is 0 Å². The number of methoxy groups -OCH3 is 1. The summed E-state index contributed by atoms with van der Waals surface area (Å²) >= 11 is 3.18. The smallest absolute Gasteiger partial charge is 0.137 e. The maximum Gasteiger partial charge on any atom is 0.137 e. The molecule has 0 fully saturated rings. The molecule has 2 rings (SSSR count). The average Bonchev–Trinajstić information content (AvgIpc) is 2.43. The molecule has 0 aliphatic rings. The fourth-order valence-electron chi connectivity index (χ4n) is 1.83. The van der Waals surface area contributed by atoms with Gasteiger partial charge in [-0.25, -0.2) is 4.39 Å². The van der Waals surface area contributed by atoms with Crippen molar-refractivity contribution in [3.8, 4) is 5.75 Å². The molecule has 19 heavy (non-hydrogen) atoms. The number of halogens is 2. The predicted molar refractivity (Wildman–Crippen MR) is 79.1 cm³/mol. The van der Waals surface area contributed by atoms with Crippen LogP contribution in [0.15, 0.2) is 46.9 Å². The van der Waals surface area contributed by atoms with Gasteiger partial charge in [-0.05, 0) is 58.7 Å². The van der Waals surface area contributed by atoms with Crippen molar-refractivity contribution in [3.63, 3.8) is 0 Å². The highest BCUT2D eigenvalue weighted by Gasteiger charge is 2.07. The molecule has 2 nitrogen and oxygen atoms in total. The van der Waals surface area contributed by atoms with Gasteiger partial charge in [-0.2, -0.15) is 0 Å². The van der Waals surface area contributed by atoms with Crippen LogP contribution in [0.4, 0.5) is 10.1 Å². The van der Waals surface area contributed by atoms with Crippen LogP contribution in [0.25, 0.3) is 0 Å². The van der Waals surface area contributed by atoms with Crippen molar-refractivity contribution < 1.29 is 9.13 Å². The summed E-state index contributed by atoms with van der Waals surface area (Å²) in [7, 11) is 1.65. The summed E-state index contributed by atoms with van der Waals surface area (Å²) < 4.78 is 18.8. The highest BCUT2D eigenvalue weighted by Crippen LogP contribution is 2.25. The first-order valence-corrected chi connectivity index (χ1v) is 6.75. The zero-order chi connectivity index (χ0) is 13.8. The highest BCUT2D eigenvalue weighted by atomic mass is 79.9. The molecule has 0 aromatic heterocycles. The van der Waals surface area contributed by atoms with Gasteiger partial charge in [0.25, 0.3) is 0 Å². The first kappa shape index (κ1) is 13.9. The second kappa shape index (κ2) is 6.06. The lowest BCUT2D eigenvalue weighted by Crippen LogP contribution is -2.06. The number of nitrogens with one attached hydrogen (secondary N) is 1. The first-order chi connectivity index (χ1) is 9.10. The fraction of sp³-hybridized carbons (Fsp3) is 0.200. The Morgan fingerprint density at radius 1 is 1.21 bits per heavy atom. The Kier molecular flexibility index (Phi) is 4.43. The summed E-state index contributed by atoms with van der Waals surface area (Å²) in [5.41, 5.74) is 1.98. The van der Waals surface area contributed by atoms with E-state index in [1.54, 1.807) is 19.2 Å². The van der Waals surface area contributed by atoms with Crippen molar-refractivity contribution in [2.24, 2.45) is 0 Å². The van der Waals surface area contributed by atoms with Gasteiger partial charge in [0, 0.05) is 11.7 Å². The summed E-state index contributed by atoms with van der Waals surface area (Å²) in [5.74, 6) is 0.561. The standard InChI is InChI=1S/C15H15BrFNO/c1-10(11-4-3-5-13(8-11)19-2)18-12-6-7-15(17)14(16)9-12/h3-10,18H,1-2H3. The van der Waals surface area contributed by atoms with Gasteiger partial charge in [0.05, 0.1) is 11.6 Å². The molecule has 1 unspecified atom stereocenters. The molecule has 0 radical (unpaired) electrons. The van der Waals surface area contributed by atoms with Crippen molar-refractivity contribution in [1.82, 2.24) is 0 Å². The summed E-state index contributed by atoms with van der Waals surface area (Å²) in [6, 6.07) is 12.9. The Morgan fingerprint density at radius 2 is 2.00 bits per heavy atom. The highest BCUT2D eigenvalue weighted by molar-refractivity contribution is 9.10. The van der Waals surface area contributed by atoms with Crippen LogP contribution in [0.2, 0.25) is 0 Å². The Hall–Kier alpha value is -1.55. The van der Waals surface area contributed by atoms with Crippen LogP contribution in [0.3, 0.4) is 0 Å². The topological polar surface area (TPSA) is 21.3 Å². The van der Waals surface area contributed by atoms with E-state index in [1.807, 2.05) is 31.2 Å². The molecule has 0 saturated heterocycles. The molecule has 0 amide bonds. The lowest BCUT2D eigenvalue weighted by atomic mass is 10.1. The molecule has 2 aromatic carbocycles. The van der Waals surface area contributed by atoms with E-state index in [0.717, 1.165) is 17.0 Å². The molecular weight excluding hydrogens is 309 g/mol. The largest absolute Gasteiger partial charge is 0.497 e. The monoisotopic (exact) mass is 323 g/mol. The lowest BCUT2D eigenvalue weighted by Gasteiger charge is -2.16. The first-order valence-electron chi connectivity index (χ1n) is 5.95. The zero-order valence-corrected chi connectivity index (χ0v) is 12.4. The molecule has 0 aliphatic carbocycles. The molecule has 1 atom stereocenters. The van der Waals surface area contributed by atoms with Crippen LogP contribution in [-0.2, 0) is 0 Å². The van der Waals surface area contributed by atoms with Crippen LogP contribution in [-0.4, -0.2) is 7.11 Å². The Morgan fingerprint density at radius 3 is 2.68 bits per heavy atom. The maximum absolute atomic E-state index is 13.2. The van der Waals surface area contributed by atoms with Gasteiger partial charge in [-0.3, -0.25) is 0 Å². The fourth-order valence-corrected chi connectivity index (χ4v) is 2.21. The third kappa shape index (κ3) is 3.47. The van der Waals surface area contributed by atoms with Crippen LogP contribution in [0, 0.1) is 5.82 Å². The number of hydrogen-bond donors (Lipinski definition) is 1. The van der Waals surface area contributed by atoms with Crippen LogP contribution in [0.5, 0.6) is 5.75 Å². The quantitative estimate of drug-likeness (QED) is 0.875. The van der Waals surface area contributed by atoms with Gasteiger partial charge in [-0.15, -0.1) is 0 Å². The third-order valence-electron chi connectivity index (χ3n) is 2.90. The minimum atomic E-state index is -0.264. The lowest BCUT2D eigenvalue weighted by molar-refractivity contribution is 0.414. The van der Waals surface area contributed by atoms with Gasteiger partial charge in [0.15, 0.2) is 0 Å².